The molecule has 0 radical (unpaired) electrons. The zero-order chi connectivity index (χ0) is 20.4. The second-order valence-electron chi connectivity index (χ2n) is 7.54. The van der Waals surface area contributed by atoms with E-state index in [-0.39, 0.29) is 11.9 Å². The van der Waals surface area contributed by atoms with Crippen molar-refractivity contribution in [3.8, 4) is 0 Å². The van der Waals surface area contributed by atoms with Crippen molar-refractivity contribution in [1.82, 2.24) is 15.0 Å². The molecule has 4 rings (SSSR count). The molecule has 0 fully saturated rings. The van der Waals surface area contributed by atoms with Gasteiger partial charge in [-0.1, -0.05) is 18.2 Å². The summed E-state index contributed by atoms with van der Waals surface area (Å²) in [4.78, 5) is 30.3. The molecule has 1 aromatic carbocycles. The molecule has 3 aromatic rings. The first-order chi connectivity index (χ1) is 14.0. The Hall–Kier alpha value is -3.28. The number of para-hydroxylation sites is 1. The molecule has 0 N–H and O–H groups in total. The predicted octanol–water partition coefficient (Wildman–Crippen LogP) is 3.45. The third kappa shape index (κ3) is 3.97. The van der Waals surface area contributed by atoms with E-state index in [1.807, 2.05) is 49.2 Å². The van der Waals surface area contributed by atoms with Crippen LogP contribution >= 0.6 is 0 Å². The molecule has 0 bridgehead atoms. The molecule has 1 unspecified atom stereocenters. The summed E-state index contributed by atoms with van der Waals surface area (Å²) >= 11 is 0. The van der Waals surface area contributed by atoms with Crippen LogP contribution in [0, 0.1) is 6.92 Å². The Morgan fingerprint density at radius 1 is 1.17 bits per heavy atom. The van der Waals surface area contributed by atoms with Gasteiger partial charge in [-0.05, 0) is 56.0 Å². The third-order valence-corrected chi connectivity index (χ3v) is 5.35. The van der Waals surface area contributed by atoms with E-state index in [1.54, 1.807) is 18.5 Å². The summed E-state index contributed by atoms with van der Waals surface area (Å²) < 4.78 is 0. The van der Waals surface area contributed by atoms with Crippen molar-refractivity contribution < 1.29 is 4.79 Å². The van der Waals surface area contributed by atoms with E-state index in [0.717, 1.165) is 30.9 Å². The summed E-state index contributed by atoms with van der Waals surface area (Å²) in [6.07, 6.45) is 5.35. The zero-order valence-electron chi connectivity index (χ0n) is 17.0. The molecule has 6 nitrogen and oxygen atoms in total. The number of pyridine rings is 1. The lowest BCUT2D eigenvalue weighted by Crippen LogP contribution is -2.36. The van der Waals surface area contributed by atoms with Crippen LogP contribution in [-0.4, -0.2) is 40.5 Å². The fourth-order valence-electron chi connectivity index (χ4n) is 3.82. The maximum atomic E-state index is 13.3. The van der Waals surface area contributed by atoms with Gasteiger partial charge in [-0.2, -0.15) is 0 Å². The summed E-state index contributed by atoms with van der Waals surface area (Å²) in [5.74, 6) is 1.29. The zero-order valence-corrected chi connectivity index (χ0v) is 17.0. The van der Waals surface area contributed by atoms with Crippen LogP contribution in [0.5, 0.6) is 0 Å². The van der Waals surface area contributed by atoms with Crippen LogP contribution in [0.3, 0.4) is 0 Å². The van der Waals surface area contributed by atoms with Crippen molar-refractivity contribution in [2.75, 3.05) is 23.4 Å². The van der Waals surface area contributed by atoms with Gasteiger partial charge in [0.25, 0.3) is 5.91 Å². The largest absolute Gasteiger partial charge is 0.359 e. The van der Waals surface area contributed by atoms with E-state index in [0.29, 0.717) is 11.5 Å². The van der Waals surface area contributed by atoms with E-state index in [2.05, 4.69) is 32.8 Å². The minimum Gasteiger partial charge on any atom is -0.359 e. The minimum absolute atomic E-state index is 0.0725. The van der Waals surface area contributed by atoms with E-state index >= 15 is 0 Å². The van der Waals surface area contributed by atoms with Crippen LogP contribution in [0.15, 0.2) is 54.9 Å². The first kappa shape index (κ1) is 19.1. The monoisotopic (exact) mass is 387 g/mol. The van der Waals surface area contributed by atoms with Gasteiger partial charge < -0.3 is 9.80 Å². The first-order valence-corrected chi connectivity index (χ1v) is 9.90. The summed E-state index contributed by atoms with van der Waals surface area (Å²) in [6, 6.07) is 14.0. The molecule has 1 aliphatic heterocycles. The molecule has 0 saturated carbocycles. The molecule has 1 aliphatic rings. The number of nitrogens with zero attached hydrogens (tertiary/aromatic N) is 5. The van der Waals surface area contributed by atoms with E-state index < -0.39 is 0 Å². The molecule has 29 heavy (non-hydrogen) atoms. The van der Waals surface area contributed by atoms with E-state index in [1.165, 1.54) is 11.1 Å². The maximum Gasteiger partial charge on any atom is 0.277 e. The predicted molar refractivity (Wildman–Crippen MR) is 114 cm³/mol. The SMILES string of the molecule is Cc1nc(C(=O)N2c3ccccc3CC2C)cc(N(C)CCc2ccncc2)n1. The summed E-state index contributed by atoms with van der Waals surface area (Å²) in [6.45, 7) is 4.70. The van der Waals surface area contributed by atoms with Crippen LogP contribution in [-0.2, 0) is 12.8 Å². The van der Waals surface area contributed by atoms with Gasteiger partial charge in [0.1, 0.15) is 17.3 Å². The van der Waals surface area contributed by atoms with Crippen LogP contribution in [0.1, 0.15) is 34.4 Å². The maximum absolute atomic E-state index is 13.3. The van der Waals surface area contributed by atoms with Gasteiger partial charge in [-0.15, -0.1) is 0 Å². The molecular weight excluding hydrogens is 362 g/mol. The van der Waals surface area contributed by atoms with Gasteiger partial charge in [0.2, 0.25) is 0 Å². The van der Waals surface area contributed by atoms with Crippen molar-refractivity contribution in [1.29, 1.82) is 0 Å². The number of aryl methyl sites for hydroxylation is 1. The number of hydrogen-bond donors (Lipinski definition) is 0. The Balaban J connectivity index is 1.56. The highest BCUT2D eigenvalue weighted by atomic mass is 16.2. The Labute approximate surface area is 171 Å². The number of carbonyl (C=O) groups excluding carboxylic acids is 1. The number of hydrogen-bond acceptors (Lipinski definition) is 5. The lowest BCUT2D eigenvalue weighted by atomic mass is 10.1. The molecule has 3 heterocycles. The molecule has 148 valence electrons. The number of rotatable bonds is 5. The summed E-state index contributed by atoms with van der Waals surface area (Å²) in [7, 11) is 1.99. The van der Waals surface area contributed by atoms with Crippen molar-refractivity contribution in [2.45, 2.75) is 32.7 Å². The second-order valence-corrected chi connectivity index (χ2v) is 7.54. The van der Waals surface area contributed by atoms with Crippen molar-refractivity contribution in [3.63, 3.8) is 0 Å². The minimum atomic E-state index is -0.0725. The second kappa shape index (κ2) is 7.99. The standard InChI is InChI=1S/C23H25N5O/c1-16-14-19-6-4-5-7-21(19)28(16)23(29)20-15-22(26-17(2)25-20)27(3)13-10-18-8-11-24-12-9-18/h4-9,11-12,15-16H,10,13-14H2,1-3H3. The number of fused-ring (bicyclic) bond motifs is 1. The molecule has 1 amide bonds. The van der Waals surface area contributed by atoms with Gasteiger partial charge in [0.05, 0.1) is 0 Å². The molecular formula is C23H25N5O. The highest BCUT2D eigenvalue weighted by Gasteiger charge is 2.32. The van der Waals surface area contributed by atoms with Gasteiger partial charge in [0, 0.05) is 43.8 Å². The van der Waals surface area contributed by atoms with Crippen molar-refractivity contribution in [2.24, 2.45) is 0 Å². The lowest BCUT2D eigenvalue weighted by molar-refractivity contribution is 0.0976. The summed E-state index contributed by atoms with van der Waals surface area (Å²) in [5, 5.41) is 0. The smallest absolute Gasteiger partial charge is 0.277 e. The Kier molecular flexibility index (Phi) is 5.25. The van der Waals surface area contributed by atoms with Crippen LogP contribution in [0.4, 0.5) is 11.5 Å². The quantitative estimate of drug-likeness (QED) is 0.671. The van der Waals surface area contributed by atoms with Gasteiger partial charge in [-0.25, -0.2) is 9.97 Å². The van der Waals surface area contributed by atoms with Crippen LogP contribution in [0.2, 0.25) is 0 Å². The lowest BCUT2D eigenvalue weighted by Gasteiger charge is -2.24. The Morgan fingerprint density at radius 2 is 1.93 bits per heavy atom. The molecule has 1 atom stereocenters. The van der Waals surface area contributed by atoms with Gasteiger partial charge in [-0.3, -0.25) is 9.78 Å². The number of aromatic nitrogens is 3. The number of likely N-dealkylation sites (N-methyl/N-ethyl adjacent to an activating group) is 1. The molecule has 2 aromatic heterocycles. The highest BCUT2D eigenvalue weighted by molar-refractivity contribution is 6.06. The molecule has 0 aliphatic carbocycles. The van der Waals surface area contributed by atoms with E-state index in [4.69, 9.17) is 0 Å². The fourth-order valence-corrected chi connectivity index (χ4v) is 3.82. The van der Waals surface area contributed by atoms with Crippen molar-refractivity contribution in [3.05, 3.63) is 77.5 Å². The van der Waals surface area contributed by atoms with E-state index in [9.17, 15) is 4.79 Å². The molecule has 6 heteroatoms. The highest BCUT2D eigenvalue weighted by Crippen LogP contribution is 2.33. The number of carbonyl (C=O) groups is 1. The number of amides is 1. The third-order valence-electron chi connectivity index (χ3n) is 5.35. The summed E-state index contributed by atoms with van der Waals surface area (Å²) in [5.41, 5.74) is 3.84. The average molecular weight is 387 g/mol. The number of benzene rings is 1. The topological polar surface area (TPSA) is 62.2 Å². The first-order valence-electron chi connectivity index (χ1n) is 9.90. The fraction of sp³-hybridized carbons (Fsp3) is 0.304. The van der Waals surface area contributed by atoms with Crippen molar-refractivity contribution >= 4 is 17.4 Å². The van der Waals surface area contributed by atoms with Crippen LogP contribution < -0.4 is 9.80 Å². The Bertz CT molecular complexity index is 1020. The number of anilines is 2. The normalized spacial score (nSPS) is 15.3. The molecule has 0 saturated heterocycles. The van der Waals surface area contributed by atoms with Crippen LogP contribution in [0.25, 0.3) is 0 Å². The molecule has 0 spiro atoms. The van der Waals surface area contributed by atoms with Gasteiger partial charge >= 0.3 is 0 Å². The van der Waals surface area contributed by atoms with Gasteiger partial charge in [0.15, 0.2) is 0 Å². The Morgan fingerprint density at radius 3 is 2.72 bits per heavy atom. The average Bonchev–Trinajstić information content (AvgIpc) is 3.07.